The van der Waals surface area contributed by atoms with Crippen LogP contribution in [0.5, 0.6) is 0 Å². The number of hydrogen-bond acceptors (Lipinski definition) is 3. The van der Waals surface area contributed by atoms with Crippen LogP contribution in [-0.2, 0) is 10.0 Å². The van der Waals surface area contributed by atoms with Gasteiger partial charge in [-0.05, 0) is 37.8 Å². The third-order valence-corrected chi connectivity index (χ3v) is 6.64. The van der Waals surface area contributed by atoms with E-state index in [4.69, 9.17) is 28.9 Å². The lowest BCUT2D eigenvalue weighted by molar-refractivity contribution is 0.268. The number of benzene rings is 1. The fourth-order valence-corrected chi connectivity index (χ4v) is 4.66. The molecule has 1 aromatic rings. The molecule has 0 heterocycles. The number of nitrogens with zero attached hydrogens (tertiary/aromatic N) is 1. The van der Waals surface area contributed by atoms with E-state index in [1.807, 2.05) is 0 Å². The van der Waals surface area contributed by atoms with Crippen molar-refractivity contribution in [2.45, 2.75) is 42.7 Å². The van der Waals surface area contributed by atoms with Crippen molar-refractivity contribution in [2.75, 3.05) is 7.05 Å². The SMILES string of the molecule is CN(C1CCC(N)CC1)S(=O)(=O)c1ccc(Cl)c(F)c1Cl. The van der Waals surface area contributed by atoms with E-state index in [1.165, 1.54) is 23.5 Å². The van der Waals surface area contributed by atoms with Crippen molar-refractivity contribution >= 4 is 33.2 Å². The van der Waals surface area contributed by atoms with Gasteiger partial charge in [0.1, 0.15) is 4.90 Å². The molecular weight excluding hydrogens is 338 g/mol. The molecule has 4 nitrogen and oxygen atoms in total. The van der Waals surface area contributed by atoms with Gasteiger partial charge in [-0.2, -0.15) is 4.31 Å². The van der Waals surface area contributed by atoms with Crippen molar-refractivity contribution < 1.29 is 12.8 Å². The van der Waals surface area contributed by atoms with Crippen LogP contribution in [0.25, 0.3) is 0 Å². The van der Waals surface area contributed by atoms with Crippen molar-refractivity contribution in [3.63, 3.8) is 0 Å². The summed E-state index contributed by atoms with van der Waals surface area (Å²) in [6, 6.07) is 2.40. The maximum atomic E-state index is 13.7. The first-order chi connectivity index (χ1) is 9.75. The molecule has 1 saturated carbocycles. The van der Waals surface area contributed by atoms with Crippen LogP contribution in [0, 0.1) is 5.82 Å². The largest absolute Gasteiger partial charge is 0.328 e. The van der Waals surface area contributed by atoms with Crippen LogP contribution < -0.4 is 5.73 Å². The zero-order valence-corrected chi connectivity index (χ0v) is 13.8. The fraction of sp³-hybridized carbons (Fsp3) is 0.538. The van der Waals surface area contributed by atoms with Gasteiger partial charge < -0.3 is 5.73 Å². The second-order valence-corrected chi connectivity index (χ2v) is 8.01. The minimum absolute atomic E-state index is 0.119. The maximum Gasteiger partial charge on any atom is 0.244 e. The Morgan fingerprint density at radius 1 is 1.24 bits per heavy atom. The van der Waals surface area contributed by atoms with Gasteiger partial charge in [0.2, 0.25) is 10.0 Å². The predicted octanol–water partition coefficient (Wildman–Crippen LogP) is 3.02. The first-order valence-corrected chi connectivity index (χ1v) is 8.82. The normalized spacial score (nSPS) is 23.5. The molecule has 118 valence electrons. The molecule has 0 unspecified atom stereocenters. The molecule has 0 spiro atoms. The molecule has 1 aliphatic rings. The molecule has 21 heavy (non-hydrogen) atoms. The van der Waals surface area contributed by atoms with Crippen LogP contribution in [0.15, 0.2) is 17.0 Å². The number of hydrogen-bond donors (Lipinski definition) is 1. The van der Waals surface area contributed by atoms with Crippen molar-refractivity contribution in [3.8, 4) is 0 Å². The van der Waals surface area contributed by atoms with Gasteiger partial charge in [0.05, 0.1) is 10.0 Å². The molecule has 0 aromatic heterocycles. The number of nitrogens with two attached hydrogens (primary N) is 1. The van der Waals surface area contributed by atoms with Crippen molar-refractivity contribution in [3.05, 3.63) is 28.0 Å². The molecule has 0 aliphatic heterocycles. The third kappa shape index (κ3) is 3.35. The van der Waals surface area contributed by atoms with E-state index >= 15 is 0 Å². The number of halogens is 3. The third-order valence-electron chi connectivity index (χ3n) is 3.91. The first-order valence-electron chi connectivity index (χ1n) is 6.62. The summed E-state index contributed by atoms with van der Waals surface area (Å²) in [7, 11) is -2.38. The molecule has 1 aromatic carbocycles. The highest BCUT2D eigenvalue weighted by Crippen LogP contribution is 2.33. The van der Waals surface area contributed by atoms with E-state index in [0.29, 0.717) is 12.8 Å². The summed E-state index contributed by atoms with van der Waals surface area (Å²) in [6.45, 7) is 0. The number of sulfonamides is 1. The van der Waals surface area contributed by atoms with Gasteiger partial charge >= 0.3 is 0 Å². The van der Waals surface area contributed by atoms with Crippen LogP contribution in [0.4, 0.5) is 4.39 Å². The molecule has 0 bridgehead atoms. The van der Waals surface area contributed by atoms with Crippen molar-refractivity contribution in [2.24, 2.45) is 5.73 Å². The molecule has 0 atom stereocenters. The van der Waals surface area contributed by atoms with Crippen LogP contribution in [0.2, 0.25) is 10.0 Å². The Kier molecular flexibility index (Phi) is 5.15. The average Bonchev–Trinajstić information content (AvgIpc) is 2.44. The first kappa shape index (κ1) is 17.0. The van der Waals surface area contributed by atoms with Gasteiger partial charge in [-0.3, -0.25) is 0 Å². The Morgan fingerprint density at radius 3 is 2.38 bits per heavy atom. The summed E-state index contributed by atoms with van der Waals surface area (Å²) < 4.78 is 40.2. The Hall–Kier alpha value is -0.400. The molecule has 2 rings (SSSR count). The standard InChI is InChI=1S/C13H17Cl2FN2O2S/c1-18(9-4-2-8(17)3-5-9)21(19,20)11-7-6-10(14)13(16)12(11)15/h6-9H,2-5,17H2,1H3. The molecule has 0 amide bonds. The minimum Gasteiger partial charge on any atom is -0.328 e. The Bertz CT molecular complexity index is 631. The summed E-state index contributed by atoms with van der Waals surface area (Å²) in [4.78, 5) is -0.261. The van der Waals surface area contributed by atoms with Gasteiger partial charge in [-0.25, -0.2) is 12.8 Å². The van der Waals surface area contributed by atoms with Gasteiger partial charge in [0.15, 0.2) is 5.82 Å². The summed E-state index contributed by atoms with van der Waals surface area (Å²) in [6.07, 6.45) is 2.91. The Morgan fingerprint density at radius 2 is 1.81 bits per heavy atom. The van der Waals surface area contributed by atoms with Gasteiger partial charge in [-0.15, -0.1) is 0 Å². The maximum absolute atomic E-state index is 13.7. The molecule has 8 heteroatoms. The quantitative estimate of drug-likeness (QED) is 0.848. The molecule has 1 fully saturated rings. The topological polar surface area (TPSA) is 63.4 Å². The van der Waals surface area contributed by atoms with Gasteiger partial charge in [0.25, 0.3) is 0 Å². The van der Waals surface area contributed by atoms with E-state index < -0.39 is 20.9 Å². The zero-order valence-electron chi connectivity index (χ0n) is 11.5. The lowest BCUT2D eigenvalue weighted by Crippen LogP contribution is -2.41. The van der Waals surface area contributed by atoms with Gasteiger partial charge in [0, 0.05) is 19.1 Å². The Balaban J connectivity index is 2.32. The molecule has 2 N–H and O–H groups in total. The fourth-order valence-electron chi connectivity index (χ4n) is 2.52. The van der Waals surface area contributed by atoms with E-state index in [2.05, 4.69) is 0 Å². The van der Waals surface area contributed by atoms with Gasteiger partial charge in [-0.1, -0.05) is 23.2 Å². The number of rotatable bonds is 3. The highest BCUT2D eigenvalue weighted by Gasteiger charge is 2.32. The average molecular weight is 355 g/mol. The lowest BCUT2D eigenvalue weighted by atomic mass is 9.92. The van der Waals surface area contributed by atoms with Crippen LogP contribution in [0.1, 0.15) is 25.7 Å². The minimum atomic E-state index is -3.86. The zero-order chi connectivity index (χ0) is 15.8. The van der Waals surface area contributed by atoms with Crippen molar-refractivity contribution in [1.82, 2.24) is 4.31 Å². The second-order valence-electron chi connectivity index (χ2n) is 5.26. The van der Waals surface area contributed by atoms with E-state index in [1.54, 1.807) is 0 Å². The molecular formula is C13H17Cl2FN2O2S. The van der Waals surface area contributed by atoms with E-state index in [-0.39, 0.29) is 22.0 Å². The summed E-state index contributed by atoms with van der Waals surface area (Å²) in [5, 5.41) is -0.674. The summed E-state index contributed by atoms with van der Waals surface area (Å²) in [5.41, 5.74) is 5.82. The molecule has 0 saturated heterocycles. The van der Waals surface area contributed by atoms with Crippen LogP contribution in [-0.4, -0.2) is 31.9 Å². The van der Waals surface area contributed by atoms with Crippen LogP contribution >= 0.6 is 23.2 Å². The second kappa shape index (κ2) is 6.38. The van der Waals surface area contributed by atoms with Crippen molar-refractivity contribution in [1.29, 1.82) is 0 Å². The predicted molar refractivity (Wildman–Crippen MR) is 81.6 cm³/mol. The van der Waals surface area contributed by atoms with E-state index in [0.717, 1.165) is 12.8 Å². The highest BCUT2D eigenvalue weighted by molar-refractivity contribution is 7.89. The monoisotopic (exact) mass is 354 g/mol. The van der Waals surface area contributed by atoms with Crippen LogP contribution in [0.3, 0.4) is 0 Å². The molecule has 0 radical (unpaired) electrons. The van der Waals surface area contributed by atoms with E-state index in [9.17, 15) is 12.8 Å². The summed E-state index contributed by atoms with van der Waals surface area (Å²) in [5.74, 6) is -0.918. The Labute approximate surface area is 134 Å². The lowest BCUT2D eigenvalue weighted by Gasteiger charge is -2.32. The smallest absolute Gasteiger partial charge is 0.244 e. The summed E-state index contributed by atoms with van der Waals surface area (Å²) >= 11 is 11.4. The molecule has 1 aliphatic carbocycles. The highest BCUT2D eigenvalue weighted by atomic mass is 35.5.